The first-order chi connectivity index (χ1) is 10.1. The molecule has 0 fully saturated rings. The second-order valence-corrected chi connectivity index (χ2v) is 5.24. The van der Waals surface area contributed by atoms with E-state index in [1.807, 2.05) is 0 Å². The fourth-order valence-corrected chi connectivity index (χ4v) is 2.32. The second kappa shape index (κ2) is 9.32. The molecule has 118 valence electrons. The van der Waals surface area contributed by atoms with Crippen molar-refractivity contribution >= 4 is 17.8 Å². The summed E-state index contributed by atoms with van der Waals surface area (Å²) in [6.45, 7) is 4.28. The van der Waals surface area contributed by atoms with E-state index in [2.05, 4.69) is 6.92 Å². The standard InChI is InChI=1S/C16H25NO4/c1-3-5-6-7-8-9-12-21-16(20)13(4-2)17-14(18)10-11-15(17)19/h10-11,13H,3-9,12H2,1-2H3. The Morgan fingerprint density at radius 1 is 1.05 bits per heavy atom. The average Bonchev–Trinajstić information content (AvgIpc) is 2.79. The van der Waals surface area contributed by atoms with Crippen LogP contribution in [0.25, 0.3) is 0 Å². The molecule has 0 saturated heterocycles. The number of amides is 2. The molecular weight excluding hydrogens is 270 g/mol. The minimum Gasteiger partial charge on any atom is -0.464 e. The Kier molecular flexibility index (Phi) is 7.72. The van der Waals surface area contributed by atoms with E-state index in [1.165, 1.54) is 31.4 Å². The van der Waals surface area contributed by atoms with Crippen LogP contribution in [-0.4, -0.2) is 35.3 Å². The lowest BCUT2D eigenvalue weighted by Crippen LogP contribution is -2.45. The minimum atomic E-state index is -0.805. The Hall–Kier alpha value is -1.65. The monoisotopic (exact) mass is 295 g/mol. The zero-order valence-corrected chi connectivity index (χ0v) is 13.0. The van der Waals surface area contributed by atoms with Crippen molar-refractivity contribution in [2.45, 2.75) is 64.8 Å². The van der Waals surface area contributed by atoms with Crippen LogP contribution in [0.2, 0.25) is 0 Å². The molecule has 21 heavy (non-hydrogen) atoms. The van der Waals surface area contributed by atoms with E-state index in [1.54, 1.807) is 6.92 Å². The number of rotatable bonds is 10. The zero-order chi connectivity index (χ0) is 15.7. The molecule has 0 N–H and O–H groups in total. The van der Waals surface area contributed by atoms with Gasteiger partial charge in [0.1, 0.15) is 6.04 Å². The molecule has 5 nitrogen and oxygen atoms in total. The van der Waals surface area contributed by atoms with Gasteiger partial charge in [0.25, 0.3) is 11.8 Å². The molecule has 5 heteroatoms. The first-order valence-electron chi connectivity index (χ1n) is 7.83. The van der Waals surface area contributed by atoms with Gasteiger partial charge in [-0.15, -0.1) is 0 Å². The highest BCUT2D eigenvalue weighted by atomic mass is 16.5. The third kappa shape index (κ3) is 5.33. The van der Waals surface area contributed by atoms with Gasteiger partial charge in [-0.1, -0.05) is 46.0 Å². The highest BCUT2D eigenvalue weighted by Crippen LogP contribution is 2.14. The van der Waals surface area contributed by atoms with Crippen molar-refractivity contribution in [2.75, 3.05) is 6.61 Å². The third-order valence-corrected chi connectivity index (χ3v) is 3.56. The molecule has 0 aromatic heterocycles. The highest BCUT2D eigenvalue weighted by Gasteiger charge is 2.35. The molecule has 1 heterocycles. The van der Waals surface area contributed by atoms with Crippen LogP contribution < -0.4 is 0 Å². The van der Waals surface area contributed by atoms with E-state index in [4.69, 9.17) is 4.74 Å². The normalized spacial score (nSPS) is 15.6. The van der Waals surface area contributed by atoms with Crippen molar-refractivity contribution in [3.8, 4) is 0 Å². The molecular formula is C16H25NO4. The summed E-state index contributed by atoms with van der Waals surface area (Å²) in [6, 6.07) is -0.805. The summed E-state index contributed by atoms with van der Waals surface area (Å²) in [7, 11) is 0. The number of hydrogen-bond donors (Lipinski definition) is 0. The molecule has 0 aromatic rings. The lowest BCUT2D eigenvalue weighted by atomic mass is 10.1. The van der Waals surface area contributed by atoms with Crippen LogP contribution in [0.5, 0.6) is 0 Å². The van der Waals surface area contributed by atoms with E-state index >= 15 is 0 Å². The highest BCUT2D eigenvalue weighted by molar-refractivity contribution is 6.14. The van der Waals surface area contributed by atoms with Crippen molar-refractivity contribution in [2.24, 2.45) is 0 Å². The van der Waals surface area contributed by atoms with Gasteiger partial charge >= 0.3 is 5.97 Å². The molecule has 0 aliphatic carbocycles. The van der Waals surface area contributed by atoms with Crippen LogP contribution in [0.1, 0.15) is 58.8 Å². The Bertz CT molecular complexity index is 385. The first kappa shape index (κ1) is 17.4. The number of hydrogen-bond acceptors (Lipinski definition) is 4. The summed E-state index contributed by atoms with van der Waals surface area (Å²) in [4.78, 5) is 36.1. The summed E-state index contributed by atoms with van der Waals surface area (Å²) in [5.41, 5.74) is 0. The summed E-state index contributed by atoms with van der Waals surface area (Å²) in [6.07, 6.45) is 9.41. The molecule has 0 saturated carbocycles. The minimum absolute atomic E-state index is 0.352. The lowest BCUT2D eigenvalue weighted by molar-refractivity contribution is -0.157. The van der Waals surface area contributed by atoms with Gasteiger partial charge in [-0.2, -0.15) is 0 Å². The van der Waals surface area contributed by atoms with Crippen molar-refractivity contribution in [3.05, 3.63) is 12.2 Å². The van der Waals surface area contributed by atoms with Crippen LogP contribution in [-0.2, 0) is 19.1 Å². The molecule has 2 amide bonds. The van der Waals surface area contributed by atoms with E-state index in [0.29, 0.717) is 13.0 Å². The van der Waals surface area contributed by atoms with Gasteiger partial charge in [-0.05, 0) is 12.8 Å². The molecule has 1 aliphatic rings. The van der Waals surface area contributed by atoms with Crippen LogP contribution >= 0.6 is 0 Å². The lowest BCUT2D eigenvalue weighted by Gasteiger charge is -2.23. The van der Waals surface area contributed by atoms with Gasteiger partial charge < -0.3 is 4.74 Å². The largest absolute Gasteiger partial charge is 0.464 e. The molecule has 1 atom stereocenters. The summed E-state index contributed by atoms with van der Waals surface area (Å²) in [5.74, 6) is -1.37. The van der Waals surface area contributed by atoms with Gasteiger partial charge in [0, 0.05) is 12.2 Å². The molecule has 0 radical (unpaired) electrons. The predicted octanol–water partition coefficient (Wildman–Crippen LogP) is 2.59. The molecule has 0 bridgehead atoms. The van der Waals surface area contributed by atoms with Gasteiger partial charge in [0.05, 0.1) is 6.61 Å². The quantitative estimate of drug-likeness (QED) is 0.353. The second-order valence-electron chi connectivity index (χ2n) is 5.24. The van der Waals surface area contributed by atoms with E-state index < -0.39 is 23.8 Å². The Balaban J connectivity index is 2.29. The van der Waals surface area contributed by atoms with Crippen molar-refractivity contribution in [3.63, 3.8) is 0 Å². The van der Waals surface area contributed by atoms with Crippen LogP contribution in [0.15, 0.2) is 12.2 Å². The number of carbonyl (C=O) groups excluding carboxylic acids is 3. The number of esters is 1. The number of nitrogens with zero attached hydrogens (tertiary/aromatic N) is 1. The fraction of sp³-hybridized carbons (Fsp3) is 0.688. The maximum atomic E-state index is 12.0. The van der Waals surface area contributed by atoms with Crippen LogP contribution in [0, 0.1) is 0 Å². The summed E-state index contributed by atoms with van der Waals surface area (Å²) >= 11 is 0. The van der Waals surface area contributed by atoms with E-state index in [9.17, 15) is 14.4 Å². The number of imide groups is 1. The van der Waals surface area contributed by atoms with Gasteiger partial charge in [0.2, 0.25) is 0 Å². The fourth-order valence-electron chi connectivity index (χ4n) is 2.32. The molecule has 0 aromatic carbocycles. The smallest absolute Gasteiger partial charge is 0.329 e. The SMILES string of the molecule is CCCCCCCCOC(=O)C(CC)N1C(=O)C=CC1=O. The first-order valence-corrected chi connectivity index (χ1v) is 7.83. The molecule has 1 aliphatic heterocycles. The molecule has 1 unspecified atom stereocenters. The van der Waals surface area contributed by atoms with Crippen molar-refractivity contribution in [1.82, 2.24) is 4.90 Å². The number of unbranched alkanes of at least 4 members (excludes halogenated alkanes) is 5. The van der Waals surface area contributed by atoms with Crippen LogP contribution in [0.4, 0.5) is 0 Å². The maximum Gasteiger partial charge on any atom is 0.329 e. The van der Waals surface area contributed by atoms with Gasteiger partial charge in [0.15, 0.2) is 0 Å². The number of ether oxygens (including phenoxy) is 1. The molecule has 0 spiro atoms. The average molecular weight is 295 g/mol. The topological polar surface area (TPSA) is 63.7 Å². The summed E-state index contributed by atoms with van der Waals surface area (Å²) < 4.78 is 5.20. The zero-order valence-electron chi connectivity index (χ0n) is 13.0. The van der Waals surface area contributed by atoms with Gasteiger partial charge in [-0.3, -0.25) is 14.5 Å². The van der Waals surface area contributed by atoms with E-state index in [-0.39, 0.29) is 0 Å². The Morgan fingerprint density at radius 3 is 2.19 bits per heavy atom. The number of carbonyl (C=O) groups is 3. The van der Waals surface area contributed by atoms with Crippen molar-refractivity contribution in [1.29, 1.82) is 0 Å². The van der Waals surface area contributed by atoms with Crippen molar-refractivity contribution < 1.29 is 19.1 Å². The predicted molar refractivity (Wildman–Crippen MR) is 79.4 cm³/mol. The third-order valence-electron chi connectivity index (χ3n) is 3.56. The van der Waals surface area contributed by atoms with Crippen LogP contribution in [0.3, 0.4) is 0 Å². The van der Waals surface area contributed by atoms with Gasteiger partial charge in [-0.25, -0.2) is 4.79 Å². The Morgan fingerprint density at radius 2 is 1.62 bits per heavy atom. The molecule has 1 rings (SSSR count). The Labute approximate surface area is 126 Å². The summed E-state index contributed by atoms with van der Waals surface area (Å²) in [5, 5.41) is 0. The maximum absolute atomic E-state index is 12.0. The van der Waals surface area contributed by atoms with E-state index in [0.717, 1.165) is 24.2 Å².